The molecule has 2 heterocycles. The van der Waals surface area contributed by atoms with Gasteiger partial charge in [-0.05, 0) is 26.0 Å². The van der Waals surface area contributed by atoms with Gasteiger partial charge in [0.1, 0.15) is 23.3 Å². The number of rotatable bonds is 3. The Morgan fingerprint density at radius 2 is 2.05 bits per heavy atom. The first kappa shape index (κ1) is 13.4. The molecule has 2 aromatic rings. The molecule has 0 radical (unpaired) electrons. The highest BCUT2D eigenvalue weighted by Gasteiger charge is 2.32. The van der Waals surface area contributed by atoms with Crippen molar-refractivity contribution in [2.45, 2.75) is 26.1 Å². The molecule has 0 bridgehead atoms. The van der Waals surface area contributed by atoms with Gasteiger partial charge in [-0.2, -0.15) is 13.2 Å². The number of oxazole rings is 1. The zero-order valence-corrected chi connectivity index (χ0v) is 10.3. The summed E-state index contributed by atoms with van der Waals surface area (Å²) in [6, 6.07) is 3.31. The first-order valence-electron chi connectivity index (χ1n) is 5.59. The van der Waals surface area contributed by atoms with Crippen molar-refractivity contribution in [3.05, 3.63) is 41.7 Å². The summed E-state index contributed by atoms with van der Waals surface area (Å²) in [4.78, 5) is 7.51. The van der Waals surface area contributed by atoms with E-state index in [0.29, 0.717) is 11.7 Å². The Hall–Kier alpha value is -2.05. The van der Waals surface area contributed by atoms with Crippen molar-refractivity contribution in [2.75, 3.05) is 5.32 Å². The van der Waals surface area contributed by atoms with Crippen molar-refractivity contribution in [1.82, 2.24) is 9.97 Å². The number of nitrogens with zero attached hydrogens (tertiary/aromatic N) is 2. The van der Waals surface area contributed by atoms with E-state index in [2.05, 4.69) is 15.3 Å². The highest BCUT2D eigenvalue weighted by atomic mass is 19.4. The van der Waals surface area contributed by atoms with Crippen molar-refractivity contribution in [1.29, 1.82) is 0 Å². The lowest BCUT2D eigenvalue weighted by atomic mass is 10.3. The molecule has 1 atom stereocenters. The van der Waals surface area contributed by atoms with E-state index in [1.165, 1.54) is 12.1 Å². The third kappa shape index (κ3) is 3.24. The molecule has 0 saturated heterocycles. The molecule has 4 nitrogen and oxygen atoms in total. The number of alkyl halides is 3. The molecule has 0 spiro atoms. The van der Waals surface area contributed by atoms with Gasteiger partial charge in [0.05, 0.1) is 6.20 Å². The maximum absolute atomic E-state index is 12.5. The largest absolute Gasteiger partial charge is 0.444 e. The van der Waals surface area contributed by atoms with Gasteiger partial charge in [0.2, 0.25) is 5.89 Å². The molecule has 0 aliphatic heterocycles. The molecule has 0 saturated carbocycles. The molecule has 0 aliphatic rings. The van der Waals surface area contributed by atoms with Crippen LogP contribution in [0.3, 0.4) is 0 Å². The fourth-order valence-electron chi connectivity index (χ4n) is 1.53. The van der Waals surface area contributed by atoms with Crippen LogP contribution in [0.5, 0.6) is 0 Å². The minimum absolute atomic E-state index is 0.123. The second-order valence-electron chi connectivity index (χ2n) is 4.08. The van der Waals surface area contributed by atoms with Gasteiger partial charge in [-0.3, -0.25) is 0 Å². The molecular weight excluding hydrogens is 259 g/mol. The van der Waals surface area contributed by atoms with Gasteiger partial charge < -0.3 is 9.73 Å². The third-order valence-corrected chi connectivity index (χ3v) is 2.41. The van der Waals surface area contributed by atoms with E-state index in [0.717, 1.165) is 6.07 Å². The standard InChI is InChI=1S/C12H12F3N3O/c1-7-6-16-11(19-7)8(2)17-10-5-3-4-9(18-10)12(13,14)15/h3-6,8H,1-2H3,(H,17,18). The van der Waals surface area contributed by atoms with E-state index in [-0.39, 0.29) is 11.9 Å². The third-order valence-electron chi connectivity index (χ3n) is 2.41. The molecule has 2 aromatic heterocycles. The Balaban J connectivity index is 2.15. The summed E-state index contributed by atoms with van der Waals surface area (Å²) in [7, 11) is 0. The van der Waals surface area contributed by atoms with Crippen molar-refractivity contribution >= 4 is 5.82 Å². The predicted molar refractivity (Wildman–Crippen MR) is 62.5 cm³/mol. The number of pyridine rings is 1. The van der Waals surface area contributed by atoms with Gasteiger partial charge in [0, 0.05) is 0 Å². The average molecular weight is 271 g/mol. The Kier molecular flexibility index (Phi) is 3.46. The second-order valence-corrected chi connectivity index (χ2v) is 4.08. The number of hydrogen-bond donors (Lipinski definition) is 1. The van der Waals surface area contributed by atoms with Gasteiger partial charge in [0.15, 0.2) is 0 Å². The maximum atomic E-state index is 12.5. The quantitative estimate of drug-likeness (QED) is 0.927. The number of hydrogen-bond acceptors (Lipinski definition) is 4. The van der Waals surface area contributed by atoms with Crippen LogP contribution in [0.2, 0.25) is 0 Å². The maximum Gasteiger partial charge on any atom is 0.433 e. The fourth-order valence-corrected chi connectivity index (χ4v) is 1.53. The molecule has 2 rings (SSSR count). The smallest absolute Gasteiger partial charge is 0.433 e. The Labute approximate surface area is 107 Å². The van der Waals surface area contributed by atoms with Gasteiger partial charge in [-0.1, -0.05) is 6.07 Å². The Morgan fingerprint density at radius 1 is 1.32 bits per heavy atom. The summed E-state index contributed by atoms with van der Waals surface area (Å²) in [5.74, 6) is 1.16. The molecule has 19 heavy (non-hydrogen) atoms. The zero-order valence-electron chi connectivity index (χ0n) is 10.3. The lowest BCUT2D eigenvalue weighted by Gasteiger charge is -2.12. The predicted octanol–water partition coefficient (Wildman–Crippen LogP) is 3.57. The van der Waals surface area contributed by atoms with Crippen LogP contribution in [0, 0.1) is 6.92 Å². The normalized spacial score (nSPS) is 13.3. The van der Waals surface area contributed by atoms with Crippen molar-refractivity contribution < 1.29 is 17.6 Å². The van der Waals surface area contributed by atoms with Crippen LogP contribution in [0.25, 0.3) is 0 Å². The summed E-state index contributed by atoms with van der Waals surface area (Å²) in [6.45, 7) is 3.47. The molecule has 0 fully saturated rings. The highest BCUT2D eigenvalue weighted by molar-refractivity contribution is 5.37. The molecule has 0 amide bonds. The Bertz CT molecular complexity index is 565. The van der Waals surface area contributed by atoms with Crippen LogP contribution in [-0.2, 0) is 6.18 Å². The minimum Gasteiger partial charge on any atom is -0.444 e. The van der Waals surface area contributed by atoms with Crippen LogP contribution < -0.4 is 5.32 Å². The first-order valence-corrected chi connectivity index (χ1v) is 5.59. The fraction of sp³-hybridized carbons (Fsp3) is 0.333. The van der Waals surface area contributed by atoms with E-state index in [4.69, 9.17) is 4.42 Å². The molecule has 102 valence electrons. The number of aromatic nitrogens is 2. The molecule has 0 aliphatic carbocycles. The van der Waals surface area contributed by atoms with Crippen LogP contribution >= 0.6 is 0 Å². The van der Waals surface area contributed by atoms with Crippen LogP contribution in [0.15, 0.2) is 28.8 Å². The molecule has 1 N–H and O–H groups in total. The van der Waals surface area contributed by atoms with E-state index in [1.807, 2.05) is 0 Å². The van der Waals surface area contributed by atoms with Crippen molar-refractivity contribution in [2.24, 2.45) is 0 Å². The topological polar surface area (TPSA) is 51.0 Å². The lowest BCUT2D eigenvalue weighted by molar-refractivity contribution is -0.141. The van der Waals surface area contributed by atoms with E-state index < -0.39 is 11.9 Å². The minimum atomic E-state index is -4.46. The van der Waals surface area contributed by atoms with Crippen LogP contribution in [-0.4, -0.2) is 9.97 Å². The number of halogens is 3. The number of aryl methyl sites for hydroxylation is 1. The van der Waals surface area contributed by atoms with Gasteiger partial charge in [0.25, 0.3) is 0 Å². The summed E-state index contributed by atoms with van der Waals surface area (Å²) in [6.07, 6.45) is -2.91. The van der Waals surface area contributed by atoms with Gasteiger partial charge in [-0.15, -0.1) is 0 Å². The van der Waals surface area contributed by atoms with E-state index in [9.17, 15) is 13.2 Å². The molecular formula is C12H12F3N3O. The summed E-state index contributed by atoms with van der Waals surface area (Å²) in [5.41, 5.74) is -0.937. The zero-order chi connectivity index (χ0) is 14.0. The second kappa shape index (κ2) is 4.91. The van der Waals surface area contributed by atoms with Crippen LogP contribution in [0.4, 0.5) is 19.0 Å². The monoisotopic (exact) mass is 271 g/mol. The van der Waals surface area contributed by atoms with Gasteiger partial charge in [-0.25, -0.2) is 9.97 Å². The number of anilines is 1. The molecule has 1 unspecified atom stereocenters. The lowest BCUT2D eigenvalue weighted by Crippen LogP contribution is -2.12. The van der Waals surface area contributed by atoms with Crippen molar-refractivity contribution in [3.8, 4) is 0 Å². The van der Waals surface area contributed by atoms with Gasteiger partial charge >= 0.3 is 6.18 Å². The van der Waals surface area contributed by atoms with E-state index in [1.54, 1.807) is 20.0 Å². The van der Waals surface area contributed by atoms with Crippen LogP contribution in [0.1, 0.15) is 30.3 Å². The SMILES string of the molecule is Cc1cnc(C(C)Nc2cccc(C(F)(F)F)n2)o1. The molecule has 7 heteroatoms. The average Bonchev–Trinajstić information content (AvgIpc) is 2.75. The molecule has 0 aromatic carbocycles. The highest BCUT2D eigenvalue weighted by Crippen LogP contribution is 2.28. The van der Waals surface area contributed by atoms with Crippen molar-refractivity contribution in [3.63, 3.8) is 0 Å². The number of nitrogens with one attached hydrogen (secondary N) is 1. The first-order chi connectivity index (χ1) is 8.86. The summed E-state index contributed by atoms with van der Waals surface area (Å²) in [5, 5.41) is 2.82. The Morgan fingerprint density at radius 3 is 2.63 bits per heavy atom. The summed E-state index contributed by atoms with van der Waals surface area (Å²) < 4.78 is 42.8. The van der Waals surface area contributed by atoms with E-state index >= 15 is 0 Å². The summed E-state index contributed by atoms with van der Waals surface area (Å²) >= 11 is 0.